The van der Waals surface area contributed by atoms with Crippen LogP contribution in [-0.4, -0.2) is 50.5 Å². The van der Waals surface area contributed by atoms with E-state index in [4.69, 9.17) is 15.2 Å². The molecule has 2 aromatic heterocycles. The Labute approximate surface area is 206 Å². The van der Waals surface area contributed by atoms with Crippen LogP contribution in [0.5, 0.6) is 11.5 Å². The number of fused-ring (bicyclic) bond motifs is 1. The molecule has 182 valence electrons. The van der Waals surface area contributed by atoms with E-state index in [9.17, 15) is 9.59 Å². The summed E-state index contributed by atoms with van der Waals surface area (Å²) in [6.45, 7) is 1.60. The molecule has 0 saturated carbocycles. The minimum atomic E-state index is -0.592. The van der Waals surface area contributed by atoms with Crippen molar-refractivity contribution in [3.05, 3.63) is 71.5 Å². The van der Waals surface area contributed by atoms with Gasteiger partial charge < -0.3 is 20.5 Å². The first-order chi connectivity index (χ1) is 17.4. The SMILES string of the molecule is COc1cc([C@@H]2CC(=O)Nc3c2c(C)nn3-c2nncc(-c3ccccc3)n2)ccc1OCC(N)=O. The second-order valence-electron chi connectivity index (χ2n) is 8.24. The summed E-state index contributed by atoms with van der Waals surface area (Å²) in [4.78, 5) is 28.5. The molecule has 0 unspecified atom stereocenters. The number of aromatic nitrogens is 5. The molecule has 0 aliphatic carbocycles. The third kappa shape index (κ3) is 4.33. The van der Waals surface area contributed by atoms with Crippen molar-refractivity contribution in [1.29, 1.82) is 0 Å². The second-order valence-corrected chi connectivity index (χ2v) is 8.24. The van der Waals surface area contributed by atoms with Gasteiger partial charge in [-0.2, -0.15) is 14.9 Å². The average molecular weight is 486 g/mol. The maximum absolute atomic E-state index is 12.8. The predicted octanol–water partition coefficient (Wildman–Crippen LogP) is 2.38. The van der Waals surface area contributed by atoms with Gasteiger partial charge in [0.25, 0.3) is 11.9 Å². The average Bonchev–Trinajstić information content (AvgIpc) is 3.23. The van der Waals surface area contributed by atoms with Gasteiger partial charge in [0.1, 0.15) is 5.82 Å². The summed E-state index contributed by atoms with van der Waals surface area (Å²) < 4.78 is 12.4. The molecule has 0 fully saturated rings. The Morgan fingerprint density at radius 2 is 2.00 bits per heavy atom. The molecule has 3 N–H and O–H groups in total. The third-order valence-electron chi connectivity index (χ3n) is 5.87. The van der Waals surface area contributed by atoms with Crippen molar-refractivity contribution in [2.75, 3.05) is 19.0 Å². The Morgan fingerprint density at radius 1 is 1.19 bits per heavy atom. The van der Waals surface area contributed by atoms with E-state index in [0.717, 1.165) is 22.4 Å². The number of amides is 2. The molecule has 0 radical (unpaired) electrons. The number of hydrogen-bond acceptors (Lipinski definition) is 8. The van der Waals surface area contributed by atoms with E-state index >= 15 is 0 Å². The smallest absolute Gasteiger partial charge is 0.272 e. The summed E-state index contributed by atoms with van der Waals surface area (Å²) >= 11 is 0. The number of carbonyl (C=O) groups is 2. The standard InChI is InChI=1S/C25H23N7O4/c1-14-23-17(16-8-9-19(20(10-16)35-2)36-13-21(26)33)11-22(34)29-24(23)32(31-14)25-28-18(12-27-30-25)15-6-4-3-5-7-15/h3-10,12,17H,11,13H2,1-2H3,(H2,26,33)(H,29,34)/t17-/m0/s1. The van der Waals surface area contributed by atoms with E-state index in [-0.39, 0.29) is 30.8 Å². The zero-order chi connectivity index (χ0) is 25.2. The molecule has 0 spiro atoms. The molecule has 1 aliphatic heterocycles. The van der Waals surface area contributed by atoms with E-state index in [1.807, 2.05) is 43.3 Å². The largest absolute Gasteiger partial charge is 0.493 e. The van der Waals surface area contributed by atoms with Crippen LogP contribution < -0.4 is 20.5 Å². The first-order valence-corrected chi connectivity index (χ1v) is 11.2. The van der Waals surface area contributed by atoms with Gasteiger partial charge in [0.15, 0.2) is 18.1 Å². The fourth-order valence-corrected chi connectivity index (χ4v) is 4.28. The Hall–Kier alpha value is -4.80. The fourth-order valence-electron chi connectivity index (χ4n) is 4.28. The highest BCUT2D eigenvalue weighted by molar-refractivity contribution is 5.95. The van der Waals surface area contributed by atoms with Crippen molar-refractivity contribution in [2.24, 2.45) is 5.73 Å². The summed E-state index contributed by atoms with van der Waals surface area (Å²) in [6.07, 6.45) is 1.80. The van der Waals surface area contributed by atoms with Gasteiger partial charge in [0.2, 0.25) is 5.91 Å². The number of aryl methyl sites for hydroxylation is 1. The van der Waals surface area contributed by atoms with Crippen LogP contribution in [0.15, 0.2) is 54.7 Å². The molecule has 1 atom stereocenters. The summed E-state index contributed by atoms with van der Waals surface area (Å²) in [5, 5.41) is 15.8. The molecule has 2 amide bonds. The summed E-state index contributed by atoms with van der Waals surface area (Å²) in [7, 11) is 1.50. The molecule has 1 aliphatic rings. The number of nitrogens with one attached hydrogen (secondary N) is 1. The highest BCUT2D eigenvalue weighted by Gasteiger charge is 2.34. The number of carbonyl (C=O) groups excluding carboxylic acids is 2. The summed E-state index contributed by atoms with van der Waals surface area (Å²) in [5.41, 5.74) is 9.10. The number of nitrogens with two attached hydrogens (primary N) is 1. The number of nitrogens with zero attached hydrogens (tertiary/aromatic N) is 5. The van der Waals surface area contributed by atoms with Crippen LogP contribution in [0.2, 0.25) is 0 Å². The van der Waals surface area contributed by atoms with Crippen LogP contribution in [0.25, 0.3) is 17.2 Å². The van der Waals surface area contributed by atoms with Crippen LogP contribution >= 0.6 is 0 Å². The Bertz CT molecular complexity index is 1450. The molecular formula is C25H23N7O4. The minimum absolute atomic E-state index is 0.172. The molecular weight excluding hydrogens is 462 g/mol. The van der Waals surface area contributed by atoms with Crippen LogP contribution in [0.3, 0.4) is 0 Å². The fraction of sp³-hybridized carbons (Fsp3) is 0.200. The minimum Gasteiger partial charge on any atom is -0.493 e. The van der Waals surface area contributed by atoms with Gasteiger partial charge in [-0.25, -0.2) is 4.98 Å². The lowest BCUT2D eigenvalue weighted by molar-refractivity contribution is -0.120. The molecule has 0 bridgehead atoms. The Kier molecular flexibility index (Phi) is 6.03. The molecule has 5 rings (SSSR count). The zero-order valence-electron chi connectivity index (χ0n) is 19.6. The summed E-state index contributed by atoms with van der Waals surface area (Å²) in [5.74, 6) is 0.481. The molecule has 0 saturated heterocycles. The number of rotatable bonds is 7. The van der Waals surface area contributed by atoms with Gasteiger partial charge in [-0.3, -0.25) is 9.59 Å². The second kappa shape index (κ2) is 9.45. The van der Waals surface area contributed by atoms with Gasteiger partial charge in [0, 0.05) is 23.5 Å². The maximum atomic E-state index is 12.8. The normalized spacial score (nSPS) is 14.6. The van der Waals surface area contributed by atoms with Crippen molar-refractivity contribution >= 4 is 17.6 Å². The molecule has 3 heterocycles. The summed E-state index contributed by atoms with van der Waals surface area (Å²) in [6, 6.07) is 14.9. The molecule has 36 heavy (non-hydrogen) atoms. The van der Waals surface area contributed by atoms with Crippen molar-refractivity contribution in [3.8, 4) is 28.7 Å². The van der Waals surface area contributed by atoms with Gasteiger partial charge in [-0.15, -0.1) is 5.10 Å². The lowest BCUT2D eigenvalue weighted by atomic mass is 9.85. The number of primary amides is 1. The van der Waals surface area contributed by atoms with Gasteiger partial charge >= 0.3 is 0 Å². The topological polar surface area (TPSA) is 147 Å². The number of anilines is 1. The van der Waals surface area contributed by atoms with E-state index < -0.39 is 5.91 Å². The number of benzene rings is 2. The highest BCUT2D eigenvalue weighted by atomic mass is 16.5. The van der Waals surface area contributed by atoms with Crippen LogP contribution in [0, 0.1) is 6.92 Å². The number of hydrogen-bond donors (Lipinski definition) is 2. The van der Waals surface area contributed by atoms with Crippen LogP contribution in [0.4, 0.5) is 5.82 Å². The molecule has 11 heteroatoms. The lowest BCUT2D eigenvalue weighted by Gasteiger charge is -2.24. The molecule has 2 aromatic carbocycles. The van der Waals surface area contributed by atoms with Crippen molar-refractivity contribution < 1.29 is 19.1 Å². The van der Waals surface area contributed by atoms with E-state index in [1.165, 1.54) is 11.8 Å². The van der Waals surface area contributed by atoms with Gasteiger partial charge in [0.05, 0.1) is 24.7 Å². The molecule has 4 aromatic rings. The van der Waals surface area contributed by atoms with E-state index in [0.29, 0.717) is 23.0 Å². The Balaban J connectivity index is 1.55. The number of ether oxygens (including phenoxy) is 2. The highest BCUT2D eigenvalue weighted by Crippen LogP contribution is 2.42. The van der Waals surface area contributed by atoms with Crippen LogP contribution in [-0.2, 0) is 9.59 Å². The predicted molar refractivity (Wildman–Crippen MR) is 130 cm³/mol. The molecule has 11 nitrogen and oxygen atoms in total. The van der Waals surface area contributed by atoms with Crippen molar-refractivity contribution in [1.82, 2.24) is 25.0 Å². The van der Waals surface area contributed by atoms with Crippen molar-refractivity contribution in [2.45, 2.75) is 19.3 Å². The van der Waals surface area contributed by atoms with Crippen molar-refractivity contribution in [3.63, 3.8) is 0 Å². The van der Waals surface area contributed by atoms with E-state index in [2.05, 4.69) is 25.6 Å². The first kappa shape index (κ1) is 23.0. The lowest BCUT2D eigenvalue weighted by Crippen LogP contribution is -2.25. The monoisotopic (exact) mass is 485 g/mol. The van der Waals surface area contributed by atoms with Gasteiger partial charge in [-0.1, -0.05) is 36.4 Å². The Morgan fingerprint density at radius 3 is 2.75 bits per heavy atom. The maximum Gasteiger partial charge on any atom is 0.272 e. The third-order valence-corrected chi connectivity index (χ3v) is 5.87. The first-order valence-electron chi connectivity index (χ1n) is 11.2. The van der Waals surface area contributed by atoms with Crippen LogP contribution in [0.1, 0.15) is 29.2 Å². The number of methoxy groups -OCH3 is 1. The zero-order valence-corrected chi connectivity index (χ0v) is 19.6. The quantitative estimate of drug-likeness (QED) is 0.405. The van der Waals surface area contributed by atoms with Gasteiger partial charge in [-0.05, 0) is 24.6 Å². The van der Waals surface area contributed by atoms with E-state index in [1.54, 1.807) is 18.3 Å².